The molecule has 4 rings (SSSR count). The molecule has 1 aromatic heterocycles. The molecule has 148 valence electrons. The van der Waals surface area contributed by atoms with Gasteiger partial charge in [-0.3, -0.25) is 9.59 Å². The number of carbonyl (C=O) groups is 2. The van der Waals surface area contributed by atoms with Crippen molar-refractivity contribution in [1.29, 1.82) is 0 Å². The molecule has 0 aliphatic carbocycles. The molecule has 0 aliphatic heterocycles. The zero-order chi connectivity index (χ0) is 20.8. The van der Waals surface area contributed by atoms with E-state index < -0.39 is 0 Å². The molecule has 0 bridgehead atoms. The molecule has 0 aliphatic rings. The normalized spacial score (nSPS) is 10.4. The summed E-state index contributed by atoms with van der Waals surface area (Å²) in [5.74, 6) is 0.0889. The molecule has 5 heteroatoms. The minimum absolute atomic E-state index is 0.273. The molecule has 4 aromatic rings. The van der Waals surface area contributed by atoms with E-state index in [1.54, 1.807) is 54.8 Å². The van der Waals surface area contributed by atoms with Gasteiger partial charge in [-0.2, -0.15) is 0 Å². The van der Waals surface area contributed by atoms with Gasteiger partial charge in [0.25, 0.3) is 11.8 Å². The Morgan fingerprint density at radius 2 is 1.40 bits per heavy atom. The van der Waals surface area contributed by atoms with Gasteiger partial charge in [0.15, 0.2) is 0 Å². The van der Waals surface area contributed by atoms with E-state index in [4.69, 9.17) is 4.42 Å². The Bertz CT molecular complexity index is 1130. The summed E-state index contributed by atoms with van der Waals surface area (Å²) in [7, 11) is 0. The van der Waals surface area contributed by atoms with E-state index in [9.17, 15) is 9.59 Å². The summed E-state index contributed by atoms with van der Waals surface area (Å²) in [4.78, 5) is 25.3. The number of rotatable bonds is 6. The zero-order valence-electron chi connectivity index (χ0n) is 16.2. The molecule has 0 saturated carbocycles. The lowest BCUT2D eigenvalue weighted by Gasteiger charge is -2.11. The third-order valence-electron chi connectivity index (χ3n) is 4.68. The molecule has 0 atom stereocenters. The van der Waals surface area contributed by atoms with E-state index in [0.717, 1.165) is 11.1 Å². The second kappa shape index (κ2) is 8.92. The van der Waals surface area contributed by atoms with Gasteiger partial charge in [-0.15, -0.1) is 0 Å². The fraction of sp³-hybridized carbons (Fsp3) is 0.0400. The van der Waals surface area contributed by atoms with E-state index in [1.165, 1.54) is 0 Å². The summed E-state index contributed by atoms with van der Waals surface area (Å²) in [6.07, 6.45) is 1.55. The molecule has 2 amide bonds. The van der Waals surface area contributed by atoms with Crippen molar-refractivity contribution >= 4 is 17.5 Å². The Morgan fingerprint density at radius 3 is 2.13 bits per heavy atom. The molecular weight excluding hydrogens is 376 g/mol. The van der Waals surface area contributed by atoms with Crippen molar-refractivity contribution in [2.45, 2.75) is 6.54 Å². The lowest BCUT2D eigenvalue weighted by atomic mass is 10.0. The number of carbonyl (C=O) groups excluding carboxylic acids is 2. The molecule has 0 saturated heterocycles. The van der Waals surface area contributed by atoms with Gasteiger partial charge in [0.05, 0.1) is 24.1 Å². The predicted octanol–water partition coefficient (Wildman–Crippen LogP) is 5.13. The van der Waals surface area contributed by atoms with Crippen molar-refractivity contribution in [3.8, 4) is 11.1 Å². The van der Waals surface area contributed by atoms with Crippen LogP contribution in [0.4, 0.5) is 5.69 Å². The quantitative estimate of drug-likeness (QED) is 0.475. The van der Waals surface area contributed by atoms with E-state index in [1.807, 2.05) is 42.5 Å². The van der Waals surface area contributed by atoms with Crippen LogP contribution in [0.15, 0.2) is 102 Å². The van der Waals surface area contributed by atoms with Gasteiger partial charge in [-0.05, 0) is 47.5 Å². The molecule has 5 nitrogen and oxygen atoms in total. The van der Waals surface area contributed by atoms with Gasteiger partial charge in [0, 0.05) is 5.56 Å². The molecule has 0 unspecified atom stereocenters. The van der Waals surface area contributed by atoms with Crippen molar-refractivity contribution in [3.05, 3.63) is 114 Å². The fourth-order valence-corrected chi connectivity index (χ4v) is 3.11. The molecule has 0 fully saturated rings. The number of benzene rings is 3. The lowest BCUT2D eigenvalue weighted by molar-refractivity contribution is 0.0949. The minimum atomic E-state index is -0.290. The van der Waals surface area contributed by atoms with Gasteiger partial charge in [-0.1, -0.05) is 54.6 Å². The summed E-state index contributed by atoms with van der Waals surface area (Å²) in [6, 6.07) is 27.8. The molecule has 3 aromatic carbocycles. The molecule has 2 N–H and O–H groups in total. The largest absolute Gasteiger partial charge is 0.467 e. The van der Waals surface area contributed by atoms with Crippen molar-refractivity contribution in [3.63, 3.8) is 0 Å². The Balaban J connectivity index is 1.46. The van der Waals surface area contributed by atoms with Crippen LogP contribution in [-0.4, -0.2) is 11.8 Å². The van der Waals surface area contributed by atoms with Crippen LogP contribution < -0.4 is 10.6 Å². The fourth-order valence-electron chi connectivity index (χ4n) is 3.11. The highest BCUT2D eigenvalue weighted by atomic mass is 16.3. The van der Waals surface area contributed by atoms with Crippen LogP contribution in [0, 0.1) is 0 Å². The second-order valence-corrected chi connectivity index (χ2v) is 6.71. The molecule has 30 heavy (non-hydrogen) atoms. The Labute approximate surface area is 174 Å². The first-order valence-electron chi connectivity index (χ1n) is 9.57. The molecular formula is C25H20N2O3. The number of amides is 2. The van der Waals surface area contributed by atoms with E-state index >= 15 is 0 Å². The number of anilines is 1. The van der Waals surface area contributed by atoms with Crippen molar-refractivity contribution in [2.75, 3.05) is 5.32 Å². The number of hydrogen-bond donors (Lipinski definition) is 2. The van der Waals surface area contributed by atoms with Gasteiger partial charge < -0.3 is 15.1 Å². The number of furan rings is 1. The smallest absolute Gasteiger partial charge is 0.255 e. The SMILES string of the molecule is O=C(Nc1ccccc1C(=O)NCc1ccco1)c1ccc(-c2ccccc2)cc1. The predicted molar refractivity (Wildman–Crippen MR) is 116 cm³/mol. The summed E-state index contributed by atoms with van der Waals surface area (Å²) in [6.45, 7) is 0.273. The van der Waals surface area contributed by atoms with Crippen LogP contribution in [0.25, 0.3) is 11.1 Å². The minimum Gasteiger partial charge on any atom is -0.467 e. The summed E-state index contributed by atoms with van der Waals surface area (Å²) in [5.41, 5.74) is 3.47. The lowest BCUT2D eigenvalue weighted by Crippen LogP contribution is -2.24. The first-order valence-corrected chi connectivity index (χ1v) is 9.57. The summed E-state index contributed by atoms with van der Waals surface area (Å²) < 4.78 is 5.23. The maximum atomic E-state index is 12.7. The Kier molecular flexibility index (Phi) is 5.71. The van der Waals surface area contributed by atoms with Crippen LogP contribution in [0.3, 0.4) is 0 Å². The summed E-state index contributed by atoms with van der Waals surface area (Å²) >= 11 is 0. The first kappa shape index (κ1) is 19.2. The maximum Gasteiger partial charge on any atom is 0.255 e. The third-order valence-corrected chi connectivity index (χ3v) is 4.68. The first-order chi connectivity index (χ1) is 14.7. The number of hydrogen-bond acceptors (Lipinski definition) is 3. The van der Waals surface area contributed by atoms with Crippen molar-refractivity contribution < 1.29 is 14.0 Å². The highest BCUT2D eigenvalue weighted by molar-refractivity contribution is 6.09. The van der Waals surface area contributed by atoms with Crippen molar-refractivity contribution in [1.82, 2.24) is 5.32 Å². The van der Waals surface area contributed by atoms with E-state index in [-0.39, 0.29) is 18.4 Å². The van der Waals surface area contributed by atoms with Gasteiger partial charge in [0.1, 0.15) is 5.76 Å². The second-order valence-electron chi connectivity index (χ2n) is 6.71. The van der Waals surface area contributed by atoms with Crippen molar-refractivity contribution in [2.24, 2.45) is 0 Å². The highest BCUT2D eigenvalue weighted by Crippen LogP contribution is 2.21. The van der Waals surface area contributed by atoms with Gasteiger partial charge >= 0.3 is 0 Å². The average molecular weight is 396 g/mol. The number of para-hydroxylation sites is 1. The molecule has 0 spiro atoms. The topological polar surface area (TPSA) is 71.3 Å². The zero-order valence-corrected chi connectivity index (χ0v) is 16.2. The Hall–Kier alpha value is -4.12. The highest BCUT2D eigenvalue weighted by Gasteiger charge is 2.14. The van der Waals surface area contributed by atoms with E-state index in [2.05, 4.69) is 10.6 Å². The van der Waals surface area contributed by atoms with Crippen LogP contribution in [0.5, 0.6) is 0 Å². The third kappa shape index (κ3) is 4.47. The van der Waals surface area contributed by atoms with Crippen LogP contribution in [0.2, 0.25) is 0 Å². The van der Waals surface area contributed by atoms with Crippen LogP contribution in [0.1, 0.15) is 26.5 Å². The van der Waals surface area contributed by atoms with E-state index in [0.29, 0.717) is 22.6 Å². The van der Waals surface area contributed by atoms with Gasteiger partial charge in [-0.25, -0.2) is 0 Å². The summed E-state index contributed by atoms with van der Waals surface area (Å²) in [5, 5.41) is 5.63. The Morgan fingerprint density at radius 1 is 0.700 bits per heavy atom. The number of nitrogens with one attached hydrogen (secondary N) is 2. The standard InChI is InChI=1S/C25H20N2O3/c28-24(20-14-12-19(13-15-20)18-7-2-1-3-8-18)27-23-11-5-4-10-22(23)25(29)26-17-21-9-6-16-30-21/h1-16H,17H2,(H,26,29)(H,27,28). The molecule has 1 heterocycles. The van der Waals surface area contributed by atoms with Gasteiger partial charge in [0.2, 0.25) is 0 Å². The molecule has 0 radical (unpaired) electrons. The van der Waals surface area contributed by atoms with Crippen LogP contribution >= 0.6 is 0 Å². The van der Waals surface area contributed by atoms with Crippen LogP contribution in [-0.2, 0) is 6.54 Å². The average Bonchev–Trinajstić information content (AvgIpc) is 3.32. The maximum absolute atomic E-state index is 12.7. The monoisotopic (exact) mass is 396 g/mol.